The lowest BCUT2D eigenvalue weighted by molar-refractivity contribution is -0.597. The molecule has 13 aliphatic rings. The van der Waals surface area contributed by atoms with E-state index in [0.29, 0.717) is 0 Å². The van der Waals surface area contributed by atoms with Crippen LogP contribution in [-0.2, 0) is 5.41 Å². The summed E-state index contributed by atoms with van der Waals surface area (Å²) < 4.78 is 11.6. The van der Waals surface area contributed by atoms with E-state index in [9.17, 15) is 0 Å². The Kier molecular flexibility index (Phi) is 11.3. The fourth-order valence-electron chi connectivity index (χ4n) is 6.76. The van der Waals surface area contributed by atoms with Gasteiger partial charge in [0.25, 0.3) is 0 Å². The van der Waals surface area contributed by atoms with Crippen molar-refractivity contribution in [1.82, 2.24) is 0 Å². The molecule has 0 fully saturated rings. The number of hydrogen-bond donors (Lipinski definition) is 0. The minimum absolute atomic E-state index is 0.0594. The molecule has 0 atom stereocenters. The van der Waals surface area contributed by atoms with Gasteiger partial charge in [-0.05, 0) is 214 Å². The Morgan fingerprint density at radius 2 is 0.364 bits per heavy atom. The normalized spacial score (nSPS) is 13.5. The Hall–Kier alpha value is -3.32. The first-order chi connectivity index (χ1) is 26.9. The van der Waals surface area contributed by atoms with E-state index in [-0.39, 0.29) is 90.2 Å². The quantitative estimate of drug-likeness (QED) is 0.186. The Balaban J connectivity index is 0.986. The van der Waals surface area contributed by atoms with Gasteiger partial charge in [0.2, 0.25) is 0 Å². The van der Waals surface area contributed by atoms with Gasteiger partial charge in [0.05, 0.1) is 0 Å². The topological polar surface area (TPSA) is 0 Å². The van der Waals surface area contributed by atoms with E-state index in [4.69, 9.17) is 0 Å². The van der Waals surface area contributed by atoms with E-state index in [1.165, 1.54) is 73.1 Å². The van der Waals surface area contributed by atoms with Gasteiger partial charge in [-0.3, -0.25) is 0 Å². The molecule has 0 spiro atoms. The van der Waals surface area contributed by atoms with Gasteiger partial charge in [0.15, 0.2) is 28.6 Å². The molecule has 0 amide bonds. The van der Waals surface area contributed by atoms with Crippen LogP contribution in [0.2, 0.25) is 0 Å². The largest absolute Gasteiger partial charge is 0.357 e. The van der Waals surface area contributed by atoms with Crippen molar-refractivity contribution < 1.29 is 84.8 Å². The third-order valence-electron chi connectivity index (χ3n) is 10.1. The van der Waals surface area contributed by atoms with Crippen molar-refractivity contribution in [3.05, 3.63) is 234 Å². The Morgan fingerprint density at radius 3 is 0.527 bits per heavy atom. The molecule has 0 unspecified atom stereocenters. The maximum atomic E-state index is 2.36. The number of rotatable bonds is 0. The lowest BCUT2D eigenvalue weighted by Gasteiger charge is -2.25. The van der Waals surface area contributed by atoms with Crippen LogP contribution in [-0.4, -0.2) is 0 Å². The van der Waals surface area contributed by atoms with E-state index in [2.05, 4.69) is 208 Å². The first-order valence-electron chi connectivity index (χ1n) is 18.3. The molecule has 13 aliphatic heterocycles. The van der Waals surface area contributed by atoms with Crippen LogP contribution in [0.3, 0.4) is 0 Å². The van der Waals surface area contributed by atoms with Gasteiger partial charge < -0.3 is 0 Å². The number of benzene rings is 8. The summed E-state index contributed by atoms with van der Waals surface area (Å²) in [6, 6.07) is 74.4. The van der Waals surface area contributed by atoms with Crippen LogP contribution >= 0.6 is 0 Å². The number of halogens is 4. The van der Waals surface area contributed by atoms with E-state index < -0.39 is 0 Å². The average Bonchev–Trinajstić information content (AvgIpc) is 3.23. The van der Waals surface area contributed by atoms with E-state index in [1.807, 2.05) is 0 Å². The van der Waals surface area contributed by atoms with Crippen LogP contribution in [0.15, 0.2) is 194 Å². The summed E-state index contributed by atoms with van der Waals surface area (Å²) in [4.78, 5) is 0. The first-order valence-corrected chi connectivity index (χ1v) is 27.0. The lowest BCUT2D eigenvalue weighted by atomic mass is 9.78. The van der Waals surface area contributed by atoms with Crippen molar-refractivity contribution >= 4 is 0 Å². The minimum atomic E-state index is -0.246. The van der Waals surface area contributed by atoms with Crippen LogP contribution in [0.4, 0.5) is 0 Å². The Labute approximate surface area is 366 Å². The molecule has 266 valence electrons. The molecule has 0 N–H and O–H groups in total. The maximum Gasteiger partial charge on any atom is 0.357 e. The maximum absolute atomic E-state index is 2.36. The van der Waals surface area contributed by atoms with Crippen molar-refractivity contribution in [2.45, 2.75) is 19.3 Å². The highest BCUT2D eigenvalue weighted by Crippen LogP contribution is 2.31. The highest BCUT2D eigenvalue weighted by molar-refractivity contribution is 5.64. The number of hydrogen-bond acceptors (Lipinski definition) is 0. The van der Waals surface area contributed by atoms with Crippen molar-refractivity contribution in [3.8, 4) is 33.4 Å². The fourth-order valence-corrected chi connectivity index (χ4v) is 15.4. The van der Waals surface area contributed by atoms with Crippen molar-refractivity contribution in [3.63, 3.8) is 0 Å². The van der Waals surface area contributed by atoms with Gasteiger partial charge >= 0.3 is 84.8 Å². The highest BCUT2D eigenvalue weighted by atomic mass is 127. The van der Waals surface area contributed by atoms with E-state index in [1.54, 1.807) is 0 Å². The van der Waals surface area contributed by atoms with Crippen LogP contribution in [0.1, 0.15) is 25.0 Å². The SMILES string of the molecule is CC1(C)c2ccc(cc2)[I+]c2ccc(cc2)-c2ccc(cc2)[I+]c2ccc(cc2)-c2ccc(cc2)[I+]c2ccc(cc2)-c2ccc(cc2)[I+]c2ccc1cc2. The second kappa shape index (κ2) is 16.6. The summed E-state index contributed by atoms with van der Waals surface area (Å²) >= 11 is -0.965. The zero-order chi connectivity index (χ0) is 37.2. The van der Waals surface area contributed by atoms with Gasteiger partial charge in [-0.25, -0.2) is 0 Å². The van der Waals surface area contributed by atoms with Crippen LogP contribution in [0, 0.1) is 28.6 Å². The van der Waals surface area contributed by atoms with Crippen molar-refractivity contribution in [2.24, 2.45) is 0 Å². The molecule has 0 aliphatic carbocycles. The smallest absolute Gasteiger partial charge is 0.0536 e. The van der Waals surface area contributed by atoms with Crippen LogP contribution in [0.25, 0.3) is 33.4 Å². The van der Waals surface area contributed by atoms with Crippen molar-refractivity contribution in [1.29, 1.82) is 0 Å². The molecule has 8 aromatic carbocycles. The molecule has 8 aromatic rings. The summed E-state index contributed by atoms with van der Waals surface area (Å²) in [5.74, 6) is 0. The van der Waals surface area contributed by atoms with Crippen LogP contribution in [0.5, 0.6) is 0 Å². The monoisotopic (exact) mass is 1160 g/mol. The second-order valence-electron chi connectivity index (χ2n) is 14.1. The van der Waals surface area contributed by atoms with Crippen molar-refractivity contribution in [2.75, 3.05) is 0 Å². The molecule has 0 radical (unpaired) electrons. The average molecular weight is 1160 g/mol. The Morgan fingerprint density at radius 1 is 0.218 bits per heavy atom. The molecule has 0 saturated heterocycles. The molecule has 0 nitrogen and oxygen atoms in total. The summed E-state index contributed by atoms with van der Waals surface area (Å²) in [5.41, 5.74) is 10.4. The molecule has 0 saturated carbocycles. The van der Waals surface area contributed by atoms with Gasteiger partial charge in [0, 0.05) is 5.41 Å². The zero-order valence-electron chi connectivity index (χ0n) is 30.5. The standard InChI is InChI=1S/C51H38I4/c1-51(2)41-15-31-49(32-16-41)54-47-27-11-39(12-28-47)37-7-23-45(24-8-37)52-43-19-3-35(4-20-43)36-5-21-44(22-6-36)53-46-25-9-38(10-26-46)40-13-29-48(30-14-40)55-50-33-17-42(51)18-34-50/h3-34H,1-2H3/q+4. The molecular formula is C51H38I4+4. The van der Waals surface area contributed by atoms with Gasteiger partial charge in [0.1, 0.15) is 0 Å². The van der Waals surface area contributed by atoms with Gasteiger partial charge in [-0.2, -0.15) is 0 Å². The summed E-state index contributed by atoms with van der Waals surface area (Å²) in [6.07, 6.45) is 0. The zero-order valence-corrected chi connectivity index (χ0v) is 39.1. The molecule has 4 heteroatoms. The third kappa shape index (κ3) is 8.82. The van der Waals surface area contributed by atoms with Gasteiger partial charge in [-0.1, -0.05) is 38.1 Å². The summed E-state index contributed by atoms with van der Waals surface area (Å²) in [7, 11) is 0. The summed E-state index contributed by atoms with van der Waals surface area (Å²) in [5, 5.41) is 0. The first kappa shape index (κ1) is 37.3. The fraction of sp³-hybridized carbons (Fsp3) is 0.0588. The summed E-state index contributed by atoms with van der Waals surface area (Å²) in [6.45, 7) is 4.71. The predicted molar refractivity (Wildman–Crippen MR) is 210 cm³/mol. The minimum Gasteiger partial charge on any atom is -0.0536 e. The molecular weight excluding hydrogens is 1120 g/mol. The molecule has 0 aromatic heterocycles. The third-order valence-corrected chi connectivity index (χ3v) is 20.8. The van der Waals surface area contributed by atoms with E-state index >= 15 is 0 Å². The lowest BCUT2D eigenvalue weighted by Crippen LogP contribution is -3.61. The molecule has 13 heterocycles. The highest BCUT2D eigenvalue weighted by Gasteiger charge is 2.26. The van der Waals surface area contributed by atoms with E-state index in [0.717, 1.165) is 0 Å². The van der Waals surface area contributed by atoms with Gasteiger partial charge in [-0.15, -0.1) is 0 Å². The molecule has 16 bridgehead atoms. The Bertz CT molecular complexity index is 2340. The second-order valence-corrected chi connectivity index (χ2v) is 26.2. The predicted octanol–water partition coefficient (Wildman–Crippen LogP) is -0.159. The van der Waals surface area contributed by atoms with Crippen LogP contribution < -0.4 is 84.8 Å². The molecule has 55 heavy (non-hydrogen) atoms. The molecule has 21 rings (SSSR count).